The Labute approximate surface area is 161 Å². The monoisotopic (exact) mass is 390 g/mol. The van der Waals surface area contributed by atoms with Gasteiger partial charge >= 0.3 is 6.03 Å². The van der Waals surface area contributed by atoms with Crippen LogP contribution in [0.25, 0.3) is 0 Å². The Morgan fingerprint density at radius 1 is 1.07 bits per heavy atom. The Bertz CT molecular complexity index is 840. The van der Waals surface area contributed by atoms with Crippen molar-refractivity contribution in [3.05, 3.63) is 53.3 Å². The van der Waals surface area contributed by atoms with E-state index in [0.29, 0.717) is 11.4 Å². The van der Waals surface area contributed by atoms with Crippen LogP contribution in [-0.2, 0) is 4.79 Å². The Morgan fingerprint density at radius 3 is 2.37 bits per heavy atom. The molecular formula is C19H20ClFN4O2. The lowest BCUT2D eigenvalue weighted by Gasteiger charge is -2.16. The molecule has 8 heteroatoms. The number of carbonyl (C=O) groups excluding carboxylic acids is 2. The maximum atomic E-state index is 13.8. The van der Waals surface area contributed by atoms with Crippen LogP contribution < -0.4 is 21.3 Å². The first-order valence-corrected chi connectivity index (χ1v) is 8.98. The number of amides is 3. The van der Waals surface area contributed by atoms with Crippen molar-refractivity contribution < 1.29 is 14.0 Å². The van der Waals surface area contributed by atoms with Gasteiger partial charge in [-0.25, -0.2) is 9.18 Å². The molecule has 6 nitrogen and oxygen atoms in total. The van der Waals surface area contributed by atoms with Crippen LogP contribution in [0.3, 0.4) is 0 Å². The number of anilines is 3. The average Bonchev–Trinajstić information content (AvgIpc) is 3.42. The zero-order chi connectivity index (χ0) is 19.4. The van der Waals surface area contributed by atoms with Crippen LogP contribution in [0, 0.1) is 5.82 Å². The molecule has 0 saturated heterocycles. The highest BCUT2D eigenvalue weighted by molar-refractivity contribution is 6.30. The fourth-order valence-corrected chi connectivity index (χ4v) is 2.54. The van der Waals surface area contributed by atoms with Crippen molar-refractivity contribution in [2.75, 3.05) is 16.0 Å². The van der Waals surface area contributed by atoms with Gasteiger partial charge < -0.3 is 21.3 Å². The van der Waals surface area contributed by atoms with Crippen LogP contribution in [0.1, 0.15) is 19.8 Å². The molecule has 3 rings (SSSR count). The van der Waals surface area contributed by atoms with Crippen LogP contribution in [-0.4, -0.2) is 24.0 Å². The summed E-state index contributed by atoms with van der Waals surface area (Å²) < 4.78 is 13.8. The highest BCUT2D eigenvalue weighted by Gasteiger charge is 2.23. The molecule has 2 aromatic carbocycles. The van der Waals surface area contributed by atoms with Crippen molar-refractivity contribution in [1.29, 1.82) is 0 Å². The molecule has 1 atom stereocenters. The van der Waals surface area contributed by atoms with Gasteiger partial charge in [-0.2, -0.15) is 0 Å². The lowest BCUT2D eigenvalue weighted by atomic mass is 10.2. The molecule has 1 aliphatic carbocycles. The summed E-state index contributed by atoms with van der Waals surface area (Å²) in [6.07, 6.45) is 2.05. The van der Waals surface area contributed by atoms with Crippen LogP contribution in [0.4, 0.5) is 26.2 Å². The van der Waals surface area contributed by atoms with Crippen molar-refractivity contribution in [3.63, 3.8) is 0 Å². The standard InChI is InChI=1S/C19H20ClFN4O2/c1-11(18(26)25-17-9-2-12(20)10-16(17)21)22-13-3-5-14(6-4-13)23-19(27)24-15-7-8-15/h2-6,9-11,15,22H,7-8H2,1H3,(H,25,26)(H2,23,24,27). The number of hydrogen-bond acceptors (Lipinski definition) is 3. The minimum absolute atomic E-state index is 0.0688. The van der Waals surface area contributed by atoms with Gasteiger partial charge in [-0.3, -0.25) is 4.79 Å². The molecule has 142 valence electrons. The summed E-state index contributed by atoms with van der Waals surface area (Å²) in [6, 6.07) is 10.5. The van der Waals surface area contributed by atoms with Gasteiger partial charge in [0.25, 0.3) is 0 Å². The topological polar surface area (TPSA) is 82.3 Å². The second kappa shape index (κ2) is 8.26. The number of benzene rings is 2. The molecule has 1 fully saturated rings. The van der Waals surface area contributed by atoms with E-state index in [1.165, 1.54) is 12.1 Å². The van der Waals surface area contributed by atoms with E-state index in [0.717, 1.165) is 18.9 Å². The van der Waals surface area contributed by atoms with Crippen LogP contribution in [0.2, 0.25) is 5.02 Å². The molecule has 2 aromatic rings. The van der Waals surface area contributed by atoms with Crippen molar-refractivity contribution in [2.45, 2.75) is 31.8 Å². The third-order valence-electron chi connectivity index (χ3n) is 4.02. The second-order valence-electron chi connectivity index (χ2n) is 6.43. The fourth-order valence-electron chi connectivity index (χ4n) is 2.38. The maximum absolute atomic E-state index is 13.8. The van der Waals surface area contributed by atoms with Crippen molar-refractivity contribution in [1.82, 2.24) is 5.32 Å². The van der Waals surface area contributed by atoms with E-state index in [1.54, 1.807) is 31.2 Å². The average molecular weight is 391 g/mol. The van der Waals surface area contributed by atoms with Crippen molar-refractivity contribution in [3.8, 4) is 0 Å². The van der Waals surface area contributed by atoms with E-state index in [2.05, 4.69) is 21.3 Å². The number of urea groups is 1. The summed E-state index contributed by atoms with van der Waals surface area (Å²) in [5.41, 5.74) is 1.42. The third kappa shape index (κ3) is 5.59. The molecule has 0 aromatic heterocycles. The van der Waals surface area contributed by atoms with E-state index in [1.807, 2.05) is 0 Å². The lowest BCUT2D eigenvalue weighted by Crippen LogP contribution is -2.32. The minimum Gasteiger partial charge on any atom is -0.374 e. The summed E-state index contributed by atoms with van der Waals surface area (Å²) in [5, 5.41) is 11.4. The predicted molar refractivity (Wildman–Crippen MR) is 105 cm³/mol. The number of nitrogens with one attached hydrogen (secondary N) is 4. The quantitative estimate of drug-likeness (QED) is 0.596. The first-order chi connectivity index (χ1) is 12.9. The van der Waals surface area contributed by atoms with Crippen LogP contribution in [0.15, 0.2) is 42.5 Å². The fraction of sp³-hybridized carbons (Fsp3) is 0.263. The molecule has 0 heterocycles. The number of rotatable bonds is 6. The largest absolute Gasteiger partial charge is 0.374 e. The van der Waals surface area contributed by atoms with Gasteiger partial charge in [0.2, 0.25) is 5.91 Å². The van der Waals surface area contributed by atoms with E-state index < -0.39 is 11.9 Å². The van der Waals surface area contributed by atoms with Gasteiger partial charge in [-0.05, 0) is 62.2 Å². The summed E-state index contributed by atoms with van der Waals surface area (Å²) in [7, 11) is 0. The van der Waals surface area contributed by atoms with Crippen LogP contribution >= 0.6 is 11.6 Å². The number of halogens is 2. The third-order valence-corrected chi connectivity index (χ3v) is 4.26. The molecule has 3 amide bonds. The first kappa shape index (κ1) is 19.0. The second-order valence-corrected chi connectivity index (χ2v) is 6.87. The SMILES string of the molecule is CC(Nc1ccc(NC(=O)NC2CC2)cc1)C(=O)Nc1ccc(Cl)cc1F. The lowest BCUT2D eigenvalue weighted by molar-refractivity contribution is -0.116. The van der Waals surface area contributed by atoms with Gasteiger partial charge in [0, 0.05) is 22.4 Å². The Kier molecular flexibility index (Phi) is 5.81. The van der Waals surface area contributed by atoms with Gasteiger partial charge in [0.1, 0.15) is 11.9 Å². The Balaban J connectivity index is 1.52. The molecule has 1 aliphatic rings. The molecule has 1 unspecified atom stereocenters. The zero-order valence-corrected chi connectivity index (χ0v) is 15.4. The first-order valence-electron chi connectivity index (χ1n) is 8.61. The molecular weight excluding hydrogens is 371 g/mol. The van der Waals surface area contributed by atoms with E-state index in [9.17, 15) is 14.0 Å². The van der Waals surface area contributed by atoms with Gasteiger partial charge in [0.15, 0.2) is 0 Å². The summed E-state index contributed by atoms with van der Waals surface area (Å²) in [5.74, 6) is -0.981. The van der Waals surface area contributed by atoms with E-state index in [-0.39, 0.29) is 28.7 Å². The van der Waals surface area contributed by atoms with Crippen molar-refractivity contribution >= 4 is 40.6 Å². The Hall–Kier alpha value is -2.80. The van der Waals surface area contributed by atoms with Gasteiger partial charge in [0.05, 0.1) is 5.69 Å². The molecule has 0 bridgehead atoms. The highest BCUT2D eigenvalue weighted by atomic mass is 35.5. The summed E-state index contributed by atoms with van der Waals surface area (Å²) in [6.45, 7) is 1.67. The summed E-state index contributed by atoms with van der Waals surface area (Å²) in [4.78, 5) is 23.9. The maximum Gasteiger partial charge on any atom is 0.319 e. The van der Waals surface area contributed by atoms with E-state index in [4.69, 9.17) is 11.6 Å². The van der Waals surface area contributed by atoms with E-state index >= 15 is 0 Å². The Morgan fingerprint density at radius 2 is 1.74 bits per heavy atom. The molecule has 0 spiro atoms. The summed E-state index contributed by atoms with van der Waals surface area (Å²) >= 11 is 5.70. The molecule has 0 radical (unpaired) electrons. The van der Waals surface area contributed by atoms with Crippen molar-refractivity contribution in [2.24, 2.45) is 0 Å². The zero-order valence-electron chi connectivity index (χ0n) is 14.7. The van der Waals surface area contributed by atoms with Crippen LogP contribution in [0.5, 0.6) is 0 Å². The van der Waals surface area contributed by atoms with Gasteiger partial charge in [-0.1, -0.05) is 11.6 Å². The molecule has 1 saturated carbocycles. The molecule has 4 N–H and O–H groups in total. The van der Waals surface area contributed by atoms with Gasteiger partial charge in [-0.15, -0.1) is 0 Å². The normalized spacial score (nSPS) is 14.2. The predicted octanol–water partition coefficient (Wildman–Crippen LogP) is 4.20. The molecule has 27 heavy (non-hydrogen) atoms. The number of carbonyl (C=O) groups is 2. The smallest absolute Gasteiger partial charge is 0.319 e. The number of hydrogen-bond donors (Lipinski definition) is 4. The highest BCUT2D eigenvalue weighted by Crippen LogP contribution is 2.21. The molecule has 0 aliphatic heterocycles. The minimum atomic E-state index is -0.600.